The fraction of sp³-hybridized carbons (Fsp3) is 0.875. The largest absolute Gasteiger partial charge is 0.346 e. The van der Waals surface area contributed by atoms with Crippen molar-refractivity contribution in [2.45, 2.75) is 129 Å². The molecule has 0 saturated heterocycles. The summed E-state index contributed by atoms with van der Waals surface area (Å²) in [5.74, 6) is -0.893. The Morgan fingerprint density at radius 2 is 1.20 bits per heavy atom. The number of hydrogen-bond donors (Lipinski definition) is 2. The third kappa shape index (κ3) is 19.1. The molecular formula is C24H47NO4S. The topological polar surface area (TPSA) is 83.5 Å². The Morgan fingerprint density at radius 1 is 0.833 bits per heavy atom. The van der Waals surface area contributed by atoms with Crippen LogP contribution in [0.3, 0.4) is 0 Å². The maximum absolute atomic E-state index is 11.6. The van der Waals surface area contributed by atoms with E-state index in [1.54, 1.807) is 6.92 Å². The van der Waals surface area contributed by atoms with Crippen molar-refractivity contribution in [1.29, 1.82) is 0 Å². The second kappa shape index (κ2) is 17.8. The van der Waals surface area contributed by atoms with Crippen LogP contribution < -0.4 is 5.32 Å². The predicted octanol–water partition coefficient (Wildman–Crippen LogP) is 6.59. The summed E-state index contributed by atoms with van der Waals surface area (Å²) < 4.78 is 31.7. The Morgan fingerprint density at radius 3 is 1.53 bits per heavy atom. The van der Waals surface area contributed by atoms with Gasteiger partial charge in [0.25, 0.3) is 10.1 Å². The molecule has 0 spiro atoms. The first kappa shape index (κ1) is 29.1. The van der Waals surface area contributed by atoms with Crippen molar-refractivity contribution in [3.05, 3.63) is 12.7 Å². The normalized spacial score (nSPS) is 13.7. The molecule has 30 heavy (non-hydrogen) atoms. The van der Waals surface area contributed by atoms with Gasteiger partial charge in [-0.3, -0.25) is 9.35 Å². The van der Waals surface area contributed by atoms with Crippen LogP contribution in [-0.2, 0) is 14.9 Å². The van der Waals surface area contributed by atoms with Crippen molar-refractivity contribution < 1.29 is 17.8 Å². The van der Waals surface area contributed by atoms with Crippen molar-refractivity contribution in [2.24, 2.45) is 0 Å². The summed E-state index contributed by atoms with van der Waals surface area (Å²) in [7, 11) is -4.16. The smallest absolute Gasteiger partial charge is 0.267 e. The van der Waals surface area contributed by atoms with Crippen molar-refractivity contribution in [2.75, 3.05) is 5.75 Å². The molecule has 0 saturated carbocycles. The van der Waals surface area contributed by atoms with E-state index in [2.05, 4.69) is 18.8 Å². The molecule has 0 aliphatic rings. The van der Waals surface area contributed by atoms with E-state index in [0.29, 0.717) is 6.42 Å². The van der Waals surface area contributed by atoms with Crippen LogP contribution in [-0.4, -0.2) is 30.2 Å². The molecule has 0 aliphatic heterocycles. The molecule has 1 atom stereocenters. The molecule has 0 bridgehead atoms. The third-order valence-corrected chi connectivity index (χ3v) is 6.70. The van der Waals surface area contributed by atoms with Gasteiger partial charge in [0.1, 0.15) is 0 Å². The molecule has 0 aromatic carbocycles. The van der Waals surface area contributed by atoms with Gasteiger partial charge in [0.15, 0.2) is 0 Å². The van der Waals surface area contributed by atoms with Crippen LogP contribution >= 0.6 is 0 Å². The lowest BCUT2D eigenvalue weighted by Gasteiger charge is -2.29. The number of carbonyl (C=O) groups is 1. The SMILES string of the molecule is C=CC(=O)NC(C)(CCCCCCCCCCCCCCCCCC)CS(=O)(=O)O. The van der Waals surface area contributed by atoms with E-state index in [1.807, 2.05) is 0 Å². The first-order chi connectivity index (χ1) is 14.2. The van der Waals surface area contributed by atoms with Crippen molar-refractivity contribution in [1.82, 2.24) is 5.32 Å². The van der Waals surface area contributed by atoms with Gasteiger partial charge in [-0.1, -0.05) is 116 Å². The summed E-state index contributed by atoms with van der Waals surface area (Å²) in [4.78, 5) is 11.6. The van der Waals surface area contributed by atoms with Crippen LogP contribution in [0.4, 0.5) is 0 Å². The van der Waals surface area contributed by atoms with Gasteiger partial charge in [0, 0.05) is 0 Å². The molecule has 5 nitrogen and oxygen atoms in total. The molecule has 178 valence electrons. The van der Waals surface area contributed by atoms with Crippen LogP contribution in [0, 0.1) is 0 Å². The van der Waals surface area contributed by atoms with Gasteiger partial charge in [-0.05, 0) is 19.4 Å². The molecule has 0 fully saturated rings. The summed E-state index contributed by atoms with van der Waals surface area (Å²) in [6.45, 7) is 7.32. The summed E-state index contributed by atoms with van der Waals surface area (Å²) in [6, 6.07) is 0. The standard InChI is InChI=1S/C24H47NO4S/c1-4-6-7-8-9-10-11-12-13-14-15-16-17-18-19-20-21-24(3,22-30(27,28)29)25-23(26)5-2/h5H,2,4,6-22H2,1,3H3,(H,25,26)(H,27,28,29). The van der Waals surface area contributed by atoms with Gasteiger partial charge in [-0.25, -0.2) is 0 Å². The van der Waals surface area contributed by atoms with Gasteiger partial charge < -0.3 is 5.32 Å². The fourth-order valence-electron chi connectivity index (χ4n) is 3.99. The average molecular weight is 446 g/mol. The molecule has 0 aromatic rings. The maximum atomic E-state index is 11.6. The van der Waals surface area contributed by atoms with Crippen LogP contribution in [0.1, 0.15) is 123 Å². The number of nitrogens with one attached hydrogen (secondary N) is 1. The number of carbonyl (C=O) groups excluding carboxylic acids is 1. The van der Waals surface area contributed by atoms with Crippen LogP contribution in [0.2, 0.25) is 0 Å². The zero-order valence-corrected chi connectivity index (χ0v) is 20.4. The lowest BCUT2D eigenvalue weighted by atomic mass is 9.95. The van der Waals surface area contributed by atoms with Crippen molar-refractivity contribution >= 4 is 16.0 Å². The molecule has 2 N–H and O–H groups in total. The summed E-state index contributed by atoms with van der Waals surface area (Å²) in [5, 5.41) is 2.66. The van der Waals surface area contributed by atoms with Crippen LogP contribution in [0.5, 0.6) is 0 Å². The first-order valence-electron chi connectivity index (χ1n) is 12.1. The Kier molecular flexibility index (Phi) is 17.2. The summed E-state index contributed by atoms with van der Waals surface area (Å²) >= 11 is 0. The molecule has 0 rings (SSSR count). The highest BCUT2D eigenvalue weighted by Gasteiger charge is 2.30. The van der Waals surface area contributed by atoms with E-state index in [4.69, 9.17) is 4.55 Å². The number of hydrogen-bond acceptors (Lipinski definition) is 3. The number of rotatable bonds is 21. The monoisotopic (exact) mass is 445 g/mol. The van der Waals surface area contributed by atoms with Crippen molar-refractivity contribution in [3.63, 3.8) is 0 Å². The molecule has 0 aliphatic carbocycles. The maximum Gasteiger partial charge on any atom is 0.267 e. The van der Waals surface area contributed by atoms with E-state index in [-0.39, 0.29) is 0 Å². The predicted molar refractivity (Wildman–Crippen MR) is 127 cm³/mol. The average Bonchev–Trinajstić information content (AvgIpc) is 2.66. The van der Waals surface area contributed by atoms with Gasteiger partial charge in [0.2, 0.25) is 5.91 Å². The van der Waals surface area contributed by atoms with Gasteiger partial charge >= 0.3 is 0 Å². The van der Waals surface area contributed by atoms with Crippen molar-refractivity contribution in [3.8, 4) is 0 Å². The zero-order valence-electron chi connectivity index (χ0n) is 19.6. The molecule has 0 aromatic heterocycles. The summed E-state index contributed by atoms with van der Waals surface area (Å²) in [6.07, 6.45) is 22.1. The molecule has 1 amide bonds. The van der Waals surface area contributed by atoms with Gasteiger partial charge in [-0.2, -0.15) is 8.42 Å². The highest BCUT2D eigenvalue weighted by molar-refractivity contribution is 7.85. The Hall–Kier alpha value is -0.880. The molecule has 0 heterocycles. The van der Waals surface area contributed by atoms with Crippen LogP contribution in [0.15, 0.2) is 12.7 Å². The summed E-state index contributed by atoms with van der Waals surface area (Å²) in [5.41, 5.74) is -0.963. The van der Waals surface area contributed by atoms with E-state index in [9.17, 15) is 13.2 Å². The molecule has 1 unspecified atom stereocenters. The number of amides is 1. The van der Waals surface area contributed by atoms with E-state index < -0.39 is 27.3 Å². The minimum atomic E-state index is -4.16. The van der Waals surface area contributed by atoms with E-state index >= 15 is 0 Å². The first-order valence-corrected chi connectivity index (χ1v) is 13.7. The van der Waals surface area contributed by atoms with E-state index in [1.165, 1.54) is 83.5 Å². The zero-order chi connectivity index (χ0) is 22.7. The minimum absolute atomic E-state index is 0.419. The fourth-order valence-corrected chi connectivity index (χ4v) is 5.01. The lowest BCUT2D eigenvalue weighted by molar-refractivity contribution is -0.118. The molecule has 6 heteroatoms. The highest BCUT2D eigenvalue weighted by atomic mass is 32.2. The third-order valence-electron chi connectivity index (χ3n) is 5.69. The van der Waals surface area contributed by atoms with Gasteiger partial charge in [0.05, 0.1) is 11.3 Å². The highest BCUT2D eigenvalue weighted by Crippen LogP contribution is 2.19. The second-order valence-corrected chi connectivity index (χ2v) is 10.5. The Labute approximate surface area is 186 Å². The quantitative estimate of drug-likeness (QED) is 0.119. The van der Waals surface area contributed by atoms with Crippen LogP contribution in [0.25, 0.3) is 0 Å². The van der Waals surface area contributed by atoms with E-state index in [0.717, 1.165) is 25.3 Å². The molecular weight excluding hydrogens is 398 g/mol. The lowest BCUT2D eigenvalue weighted by Crippen LogP contribution is -2.50. The minimum Gasteiger partial charge on any atom is -0.346 e. The van der Waals surface area contributed by atoms with Gasteiger partial charge in [-0.15, -0.1) is 0 Å². The molecule has 0 radical (unpaired) electrons. The second-order valence-electron chi connectivity index (χ2n) is 9.03. The Bertz CT molecular complexity index is 547. The number of unbranched alkanes of at least 4 members (excludes halogenated alkanes) is 15. The Balaban J connectivity index is 3.68.